The number of hydrogen-bond acceptors (Lipinski definition) is 6. The summed E-state index contributed by atoms with van der Waals surface area (Å²) >= 11 is 1.64. The maximum absolute atomic E-state index is 14.0. The third kappa shape index (κ3) is 6.05. The van der Waals surface area contributed by atoms with Gasteiger partial charge in [0.1, 0.15) is 13.2 Å². The molecule has 1 aliphatic rings. The van der Waals surface area contributed by atoms with Gasteiger partial charge in [-0.1, -0.05) is 12.1 Å². The molecule has 0 aliphatic carbocycles. The summed E-state index contributed by atoms with van der Waals surface area (Å²) in [5.74, 6) is -0.713. The first-order valence-corrected chi connectivity index (χ1v) is 11.4. The normalized spacial score (nSPS) is 15.3. The Kier molecular flexibility index (Phi) is 9.01. The minimum atomic E-state index is -0.443. The second-order valence-corrected chi connectivity index (χ2v) is 8.49. The number of benzene rings is 1. The molecular formula is C23H29FN2O5S. The van der Waals surface area contributed by atoms with Gasteiger partial charge in [0.2, 0.25) is 11.8 Å². The monoisotopic (exact) mass is 464 g/mol. The van der Waals surface area contributed by atoms with Gasteiger partial charge in [-0.3, -0.25) is 9.59 Å². The number of methoxy groups -OCH3 is 2. The molecule has 0 fully saturated rings. The van der Waals surface area contributed by atoms with E-state index in [1.165, 1.54) is 23.0 Å². The molecule has 0 saturated carbocycles. The number of thiophene rings is 1. The molecule has 0 spiro atoms. The number of carbonyl (C=O) groups excluding carboxylic acids is 2. The van der Waals surface area contributed by atoms with Crippen molar-refractivity contribution in [2.75, 3.05) is 53.7 Å². The highest BCUT2D eigenvalue weighted by Crippen LogP contribution is 2.34. The zero-order chi connectivity index (χ0) is 22.9. The average Bonchev–Trinajstić information content (AvgIpc) is 3.27. The molecule has 174 valence electrons. The molecule has 0 N–H and O–H groups in total. The summed E-state index contributed by atoms with van der Waals surface area (Å²) in [6.45, 7) is 1.40. The van der Waals surface area contributed by atoms with E-state index in [4.69, 9.17) is 14.2 Å². The fraction of sp³-hybridized carbons (Fsp3) is 0.478. The Bertz CT molecular complexity index is 906. The second-order valence-electron chi connectivity index (χ2n) is 7.49. The molecule has 2 aromatic rings. The summed E-state index contributed by atoms with van der Waals surface area (Å²) in [7, 11) is 3.05. The predicted molar refractivity (Wildman–Crippen MR) is 119 cm³/mol. The van der Waals surface area contributed by atoms with Crippen molar-refractivity contribution in [3.05, 3.63) is 52.0 Å². The topological polar surface area (TPSA) is 68.3 Å². The molecule has 2 heterocycles. The number of rotatable bonds is 11. The maximum atomic E-state index is 14.0. The van der Waals surface area contributed by atoms with E-state index in [1.54, 1.807) is 41.5 Å². The molecule has 7 nitrogen and oxygen atoms in total. The van der Waals surface area contributed by atoms with Crippen molar-refractivity contribution in [3.63, 3.8) is 0 Å². The van der Waals surface area contributed by atoms with Crippen molar-refractivity contribution in [2.45, 2.75) is 18.9 Å². The smallest absolute Gasteiger partial charge is 0.249 e. The number of ether oxygens (including phenoxy) is 3. The molecular weight excluding hydrogens is 435 g/mol. The molecule has 2 amide bonds. The molecule has 1 aromatic heterocycles. The quantitative estimate of drug-likeness (QED) is 0.479. The maximum Gasteiger partial charge on any atom is 0.249 e. The molecule has 1 atom stereocenters. The van der Waals surface area contributed by atoms with Gasteiger partial charge in [-0.05, 0) is 42.0 Å². The number of carbonyl (C=O) groups is 2. The Labute approximate surface area is 191 Å². The van der Waals surface area contributed by atoms with Crippen LogP contribution in [0.15, 0.2) is 35.7 Å². The van der Waals surface area contributed by atoms with Crippen LogP contribution in [0.2, 0.25) is 0 Å². The summed E-state index contributed by atoms with van der Waals surface area (Å²) in [5.41, 5.74) is 1.01. The van der Waals surface area contributed by atoms with Gasteiger partial charge in [0, 0.05) is 38.8 Å². The number of para-hydroxylation sites is 1. The summed E-state index contributed by atoms with van der Waals surface area (Å²) < 4.78 is 29.9. The predicted octanol–water partition coefficient (Wildman–Crippen LogP) is 2.90. The van der Waals surface area contributed by atoms with Crippen LogP contribution in [-0.2, 0) is 25.5 Å². The van der Waals surface area contributed by atoms with Crippen molar-refractivity contribution in [2.24, 2.45) is 0 Å². The van der Waals surface area contributed by atoms with E-state index in [0.29, 0.717) is 26.1 Å². The zero-order valence-corrected chi connectivity index (χ0v) is 19.2. The minimum absolute atomic E-state index is 0.0540. The third-order valence-corrected chi connectivity index (χ3v) is 6.37. The van der Waals surface area contributed by atoms with E-state index in [-0.39, 0.29) is 43.4 Å². The van der Waals surface area contributed by atoms with Crippen LogP contribution < -0.4 is 4.74 Å². The van der Waals surface area contributed by atoms with Crippen LogP contribution >= 0.6 is 11.3 Å². The van der Waals surface area contributed by atoms with Gasteiger partial charge in [0.15, 0.2) is 11.6 Å². The van der Waals surface area contributed by atoms with Crippen LogP contribution in [0.4, 0.5) is 4.39 Å². The molecule has 0 radical (unpaired) electrons. The fourth-order valence-electron chi connectivity index (χ4n) is 3.77. The van der Waals surface area contributed by atoms with Crippen LogP contribution in [0.1, 0.15) is 22.9 Å². The minimum Gasteiger partial charge on any atom is -0.488 e. The highest BCUT2D eigenvalue weighted by Gasteiger charge is 2.33. The lowest BCUT2D eigenvalue weighted by molar-refractivity contribution is -0.144. The van der Waals surface area contributed by atoms with Crippen molar-refractivity contribution in [1.82, 2.24) is 9.80 Å². The zero-order valence-electron chi connectivity index (χ0n) is 18.4. The number of amides is 2. The lowest BCUT2D eigenvalue weighted by atomic mass is 10.0. The first kappa shape index (κ1) is 24.2. The SMILES string of the molecule is COCCCN(CC(=O)N1CCc2sccc2C1COc1ccccc1F)C(=O)COC. The van der Waals surface area contributed by atoms with Crippen molar-refractivity contribution >= 4 is 23.2 Å². The molecule has 0 saturated heterocycles. The van der Waals surface area contributed by atoms with E-state index in [2.05, 4.69) is 0 Å². The largest absolute Gasteiger partial charge is 0.488 e. The molecule has 1 aliphatic heterocycles. The Morgan fingerprint density at radius 2 is 2.03 bits per heavy atom. The number of halogens is 1. The second kappa shape index (κ2) is 11.9. The number of fused-ring (bicyclic) bond motifs is 1. The van der Waals surface area contributed by atoms with E-state index in [0.717, 1.165) is 12.0 Å². The van der Waals surface area contributed by atoms with Gasteiger partial charge in [-0.15, -0.1) is 11.3 Å². The molecule has 1 aromatic carbocycles. The number of nitrogens with zero attached hydrogens (tertiary/aromatic N) is 2. The highest BCUT2D eigenvalue weighted by atomic mass is 32.1. The first-order valence-electron chi connectivity index (χ1n) is 10.5. The van der Waals surface area contributed by atoms with Crippen molar-refractivity contribution < 1.29 is 28.2 Å². The summed E-state index contributed by atoms with van der Waals surface area (Å²) in [6.07, 6.45) is 1.36. The van der Waals surface area contributed by atoms with Gasteiger partial charge in [0.05, 0.1) is 12.6 Å². The third-order valence-electron chi connectivity index (χ3n) is 5.37. The number of hydrogen-bond donors (Lipinski definition) is 0. The highest BCUT2D eigenvalue weighted by molar-refractivity contribution is 7.10. The molecule has 0 bridgehead atoms. The Hall–Kier alpha value is -2.49. The lowest BCUT2D eigenvalue weighted by Gasteiger charge is -2.37. The summed E-state index contributed by atoms with van der Waals surface area (Å²) in [6, 6.07) is 7.85. The summed E-state index contributed by atoms with van der Waals surface area (Å²) in [5, 5.41) is 1.99. The average molecular weight is 465 g/mol. The Balaban J connectivity index is 1.74. The van der Waals surface area contributed by atoms with Crippen molar-refractivity contribution in [3.8, 4) is 5.75 Å². The lowest BCUT2D eigenvalue weighted by Crippen LogP contribution is -2.48. The van der Waals surface area contributed by atoms with Gasteiger partial charge in [-0.25, -0.2) is 4.39 Å². The fourth-order valence-corrected chi connectivity index (χ4v) is 4.69. The summed E-state index contributed by atoms with van der Waals surface area (Å²) in [4.78, 5) is 30.2. The van der Waals surface area contributed by atoms with Crippen LogP contribution in [0, 0.1) is 5.82 Å². The molecule has 9 heteroatoms. The van der Waals surface area contributed by atoms with Gasteiger partial charge in [-0.2, -0.15) is 0 Å². The van der Waals surface area contributed by atoms with E-state index in [9.17, 15) is 14.0 Å². The van der Waals surface area contributed by atoms with Gasteiger partial charge >= 0.3 is 0 Å². The molecule has 32 heavy (non-hydrogen) atoms. The molecule has 3 rings (SSSR count). The standard InChI is InChI=1S/C23H29FN2O5S/c1-29-12-5-10-25(23(28)16-30-2)14-22(27)26-11-8-21-17(9-13-32-21)19(26)15-31-20-7-4-3-6-18(20)24/h3-4,6-7,9,13,19H,5,8,10-12,14-16H2,1-2H3. The van der Waals surface area contributed by atoms with E-state index in [1.807, 2.05) is 11.4 Å². The van der Waals surface area contributed by atoms with Crippen LogP contribution in [0.25, 0.3) is 0 Å². The van der Waals surface area contributed by atoms with E-state index >= 15 is 0 Å². The Morgan fingerprint density at radius 1 is 1.22 bits per heavy atom. The molecule has 1 unspecified atom stereocenters. The van der Waals surface area contributed by atoms with Crippen LogP contribution in [0.5, 0.6) is 5.75 Å². The van der Waals surface area contributed by atoms with E-state index < -0.39 is 5.82 Å². The van der Waals surface area contributed by atoms with Gasteiger partial charge in [0.25, 0.3) is 0 Å². The Morgan fingerprint density at radius 3 is 2.78 bits per heavy atom. The van der Waals surface area contributed by atoms with Crippen molar-refractivity contribution in [1.29, 1.82) is 0 Å². The van der Waals surface area contributed by atoms with Crippen LogP contribution in [0.3, 0.4) is 0 Å². The van der Waals surface area contributed by atoms with Gasteiger partial charge < -0.3 is 24.0 Å². The first-order chi connectivity index (χ1) is 15.5. The van der Waals surface area contributed by atoms with Crippen LogP contribution in [-0.4, -0.2) is 75.3 Å².